The number of nitrogens with one attached hydrogen (secondary N) is 1. The molecule has 0 aliphatic carbocycles. The predicted molar refractivity (Wildman–Crippen MR) is 83.5 cm³/mol. The molecule has 2 saturated heterocycles. The second-order valence-corrected chi connectivity index (χ2v) is 6.38. The van der Waals surface area contributed by atoms with Crippen molar-refractivity contribution >= 4 is 17.2 Å². The minimum Gasteiger partial charge on any atom is -0.371 e. The second kappa shape index (κ2) is 7.35. The molecule has 1 aromatic rings. The lowest BCUT2D eigenvalue weighted by atomic mass is 10.1. The highest BCUT2D eigenvalue weighted by Crippen LogP contribution is 2.24. The Bertz CT molecular complexity index is 446. The van der Waals surface area contributed by atoms with Crippen molar-refractivity contribution in [2.24, 2.45) is 0 Å². The van der Waals surface area contributed by atoms with E-state index in [1.165, 1.54) is 5.56 Å². The average Bonchev–Trinajstić information content (AvgIpc) is 3.08. The molecular weight excluding hydrogens is 286 g/mol. The van der Waals surface area contributed by atoms with Gasteiger partial charge in [0.2, 0.25) is 5.91 Å². The monoisotopic (exact) mass is 309 g/mol. The Morgan fingerprint density at radius 1 is 1.38 bits per heavy atom. The first-order valence-corrected chi connectivity index (χ1v) is 8.62. The summed E-state index contributed by atoms with van der Waals surface area (Å²) in [7, 11) is 0. The van der Waals surface area contributed by atoms with Crippen LogP contribution in [0.4, 0.5) is 0 Å². The Labute approximate surface area is 129 Å². The van der Waals surface area contributed by atoms with Crippen LogP contribution in [0.5, 0.6) is 0 Å². The normalized spacial score (nSPS) is 24.2. The van der Waals surface area contributed by atoms with Gasteiger partial charge in [-0.15, -0.1) is 0 Å². The van der Waals surface area contributed by atoms with Crippen molar-refractivity contribution in [3.05, 3.63) is 22.4 Å². The SMILES string of the molecule is O=C(CCN1CCOC(c2ccsc2)C1)N1CCNCC1. The van der Waals surface area contributed by atoms with Gasteiger partial charge in [-0.2, -0.15) is 11.3 Å². The summed E-state index contributed by atoms with van der Waals surface area (Å²) in [5.74, 6) is 0.287. The fourth-order valence-corrected chi connectivity index (χ4v) is 3.59. The first kappa shape index (κ1) is 15.0. The largest absolute Gasteiger partial charge is 0.371 e. The molecule has 116 valence electrons. The molecule has 1 N–H and O–H groups in total. The number of hydrogen-bond acceptors (Lipinski definition) is 5. The van der Waals surface area contributed by atoms with E-state index in [2.05, 4.69) is 27.0 Å². The molecule has 1 aromatic heterocycles. The topological polar surface area (TPSA) is 44.8 Å². The van der Waals surface area contributed by atoms with E-state index >= 15 is 0 Å². The van der Waals surface area contributed by atoms with Crippen LogP contribution in [-0.4, -0.2) is 68.1 Å². The summed E-state index contributed by atoms with van der Waals surface area (Å²) in [6, 6.07) is 2.13. The number of ether oxygens (including phenoxy) is 1. The summed E-state index contributed by atoms with van der Waals surface area (Å²) in [4.78, 5) is 16.5. The van der Waals surface area contributed by atoms with E-state index in [0.29, 0.717) is 6.42 Å². The van der Waals surface area contributed by atoms with E-state index in [-0.39, 0.29) is 12.0 Å². The van der Waals surface area contributed by atoms with Crippen molar-refractivity contribution in [1.29, 1.82) is 0 Å². The second-order valence-electron chi connectivity index (χ2n) is 5.60. The highest BCUT2D eigenvalue weighted by molar-refractivity contribution is 7.07. The minimum atomic E-state index is 0.166. The Morgan fingerprint density at radius 3 is 3.00 bits per heavy atom. The Morgan fingerprint density at radius 2 is 2.24 bits per heavy atom. The molecule has 0 saturated carbocycles. The molecule has 0 bridgehead atoms. The van der Waals surface area contributed by atoms with E-state index in [9.17, 15) is 4.79 Å². The van der Waals surface area contributed by atoms with E-state index in [0.717, 1.165) is 52.4 Å². The lowest BCUT2D eigenvalue weighted by molar-refractivity contribution is -0.132. The number of rotatable bonds is 4. The molecule has 0 spiro atoms. The van der Waals surface area contributed by atoms with E-state index in [1.807, 2.05) is 4.90 Å². The maximum atomic E-state index is 12.2. The van der Waals surface area contributed by atoms with Gasteiger partial charge in [-0.3, -0.25) is 9.69 Å². The molecule has 2 aliphatic rings. The standard InChI is InChI=1S/C15H23N3O2S/c19-15(18-6-3-16-4-7-18)1-5-17-8-9-20-14(11-17)13-2-10-21-12-13/h2,10,12,14,16H,1,3-9,11H2. The minimum absolute atomic E-state index is 0.166. The van der Waals surface area contributed by atoms with Crippen molar-refractivity contribution in [2.45, 2.75) is 12.5 Å². The molecule has 0 radical (unpaired) electrons. The lowest BCUT2D eigenvalue weighted by Crippen LogP contribution is -2.47. The zero-order valence-electron chi connectivity index (χ0n) is 12.3. The van der Waals surface area contributed by atoms with Crippen LogP contribution in [0.1, 0.15) is 18.1 Å². The summed E-state index contributed by atoms with van der Waals surface area (Å²) < 4.78 is 5.84. The van der Waals surface area contributed by atoms with Crippen LogP contribution in [0.15, 0.2) is 16.8 Å². The van der Waals surface area contributed by atoms with Gasteiger partial charge in [-0.25, -0.2) is 0 Å². The summed E-state index contributed by atoms with van der Waals surface area (Å²) >= 11 is 1.71. The molecule has 5 nitrogen and oxygen atoms in total. The van der Waals surface area contributed by atoms with Gasteiger partial charge in [0.05, 0.1) is 12.7 Å². The van der Waals surface area contributed by atoms with Gasteiger partial charge in [0.1, 0.15) is 0 Å². The smallest absolute Gasteiger partial charge is 0.223 e. The predicted octanol–water partition coefficient (Wildman–Crippen LogP) is 0.943. The number of carbonyl (C=O) groups excluding carboxylic acids is 1. The number of piperazine rings is 1. The molecule has 1 amide bonds. The molecule has 6 heteroatoms. The van der Waals surface area contributed by atoms with Crippen LogP contribution >= 0.6 is 11.3 Å². The fraction of sp³-hybridized carbons (Fsp3) is 0.667. The maximum absolute atomic E-state index is 12.2. The van der Waals surface area contributed by atoms with Gasteiger partial charge < -0.3 is 15.0 Å². The van der Waals surface area contributed by atoms with Gasteiger partial charge in [-0.05, 0) is 22.4 Å². The number of amides is 1. The number of carbonyl (C=O) groups is 1. The van der Waals surface area contributed by atoms with Crippen molar-refractivity contribution in [3.8, 4) is 0 Å². The van der Waals surface area contributed by atoms with Gasteiger partial charge in [0, 0.05) is 52.2 Å². The third kappa shape index (κ3) is 4.03. The lowest BCUT2D eigenvalue weighted by Gasteiger charge is -2.33. The van der Waals surface area contributed by atoms with Crippen LogP contribution in [0, 0.1) is 0 Å². The molecule has 0 aromatic carbocycles. The van der Waals surface area contributed by atoms with Gasteiger partial charge >= 0.3 is 0 Å². The molecule has 1 unspecified atom stereocenters. The summed E-state index contributed by atoms with van der Waals surface area (Å²) in [6.07, 6.45) is 0.787. The first-order chi connectivity index (χ1) is 10.3. The summed E-state index contributed by atoms with van der Waals surface area (Å²) in [5, 5.41) is 7.52. The van der Waals surface area contributed by atoms with E-state index in [1.54, 1.807) is 11.3 Å². The fourth-order valence-electron chi connectivity index (χ4n) is 2.89. The Kier molecular flexibility index (Phi) is 5.24. The molecule has 3 heterocycles. The number of hydrogen-bond donors (Lipinski definition) is 1. The van der Waals surface area contributed by atoms with Gasteiger partial charge in [-0.1, -0.05) is 0 Å². The third-order valence-electron chi connectivity index (χ3n) is 4.18. The molecule has 3 rings (SSSR count). The highest BCUT2D eigenvalue weighted by atomic mass is 32.1. The van der Waals surface area contributed by atoms with Crippen LogP contribution in [0.3, 0.4) is 0 Å². The molecule has 2 aliphatic heterocycles. The summed E-state index contributed by atoms with van der Waals surface area (Å²) in [6.45, 7) is 6.95. The van der Waals surface area contributed by atoms with Crippen molar-refractivity contribution in [2.75, 3.05) is 52.4 Å². The molecule has 1 atom stereocenters. The van der Waals surface area contributed by atoms with Crippen LogP contribution in [0.25, 0.3) is 0 Å². The average molecular weight is 309 g/mol. The molecule has 2 fully saturated rings. The van der Waals surface area contributed by atoms with Crippen LogP contribution < -0.4 is 5.32 Å². The zero-order chi connectivity index (χ0) is 14.5. The number of nitrogens with zero attached hydrogens (tertiary/aromatic N) is 2. The van der Waals surface area contributed by atoms with Crippen molar-refractivity contribution in [3.63, 3.8) is 0 Å². The Balaban J connectivity index is 1.45. The van der Waals surface area contributed by atoms with E-state index < -0.39 is 0 Å². The maximum Gasteiger partial charge on any atom is 0.223 e. The molecular formula is C15H23N3O2S. The zero-order valence-corrected chi connectivity index (χ0v) is 13.1. The summed E-state index contributed by atoms with van der Waals surface area (Å²) in [5.41, 5.74) is 1.26. The third-order valence-corrected chi connectivity index (χ3v) is 4.88. The first-order valence-electron chi connectivity index (χ1n) is 7.67. The van der Waals surface area contributed by atoms with Crippen LogP contribution in [0.2, 0.25) is 0 Å². The highest BCUT2D eigenvalue weighted by Gasteiger charge is 2.23. The Hall–Kier alpha value is -0.950. The molecule has 21 heavy (non-hydrogen) atoms. The number of thiophene rings is 1. The van der Waals surface area contributed by atoms with Crippen molar-refractivity contribution < 1.29 is 9.53 Å². The van der Waals surface area contributed by atoms with Crippen molar-refractivity contribution in [1.82, 2.24) is 15.1 Å². The van der Waals surface area contributed by atoms with Gasteiger partial charge in [0.25, 0.3) is 0 Å². The van der Waals surface area contributed by atoms with E-state index in [4.69, 9.17) is 4.74 Å². The van der Waals surface area contributed by atoms with Crippen LogP contribution in [-0.2, 0) is 9.53 Å². The van der Waals surface area contributed by atoms with Gasteiger partial charge in [0.15, 0.2) is 0 Å². The quantitative estimate of drug-likeness (QED) is 0.899. The number of morpholine rings is 1.